The molecule has 1 aromatic rings. The Bertz CT molecular complexity index is 428. The highest BCUT2D eigenvalue weighted by molar-refractivity contribution is 5.79. The van der Waals surface area contributed by atoms with Gasteiger partial charge in [0.25, 0.3) is 0 Å². The minimum atomic E-state index is -0.115. The molecule has 2 rings (SSSR count). The van der Waals surface area contributed by atoms with Gasteiger partial charge in [-0.05, 0) is 31.7 Å². The number of piperidine rings is 1. The second-order valence-electron chi connectivity index (χ2n) is 5.60. The molecule has 0 aromatic heterocycles. The van der Waals surface area contributed by atoms with Crippen LogP contribution >= 0.6 is 0 Å². The Morgan fingerprint density at radius 3 is 2.57 bits per heavy atom. The SMILES string of the molecule is CCOC1CCN(C(=O)C(CN)Cc2ccccc2)CC1. The minimum absolute atomic E-state index is 0.115. The van der Waals surface area contributed by atoms with Gasteiger partial charge in [0.15, 0.2) is 0 Å². The summed E-state index contributed by atoms with van der Waals surface area (Å²) in [6.45, 7) is 4.74. The molecule has 1 amide bonds. The molecule has 0 radical (unpaired) electrons. The number of benzene rings is 1. The lowest BCUT2D eigenvalue weighted by atomic mass is 9.96. The van der Waals surface area contributed by atoms with Crippen LogP contribution in [0.2, 0.25) is 0 Å². The molecular weight excluding hydrogens is 264 g/mol. The third-order valence-electron chi connectivity index (χ3n) is 4.11. The van der Waals surface area contributed by atoms with Crippen molar-refractivity contribution in [3.8, 4) is 0 Å². The molecule has 116 valence electrons. The Hall–Kier alpha value is -1.39. The molecule has 1 atom stereocenters. The largest absolute Gasteiger partial charge is 0.378 e. The first-order valence-corrected chi connectivity index (χ1v) is 7.89. The van der Waals surface area contributed by atoms with Gasteiger partial charge in [-0.25, -0.2) is 0 Å². The van der Waals surface area contributed by atoms with Crippen molar-refractivity contribution in [1.29, 1.82) is 0 Å². The number of nitrogens with zero attached hydrogens (tertiary/aromatic N) is 1. The summed E-state index contributed by atoms with van der Waals surface area (Å²) in [5.74, 6) is 0.0762. The summed E-state index contributed by atoms with van der Waals surface area (Å²) in [5.41, 5.74) is 7.00. The summed E-state index contributed by atoms with van der Waals surface area (Å²) in [6, 6.07) is 10.1. The molecule has 2 N–H and O–H groups in total. The van der Waals surface area contributed by atoms with Crippen molar-refractivity contribution >= 4 is 5.91 Å². The van der Waals surface area contributed by atoms with Crippen LogP contribution in [0, 0.1) is 5.92 Å². The Kier molecular flexibility index (Phi) is 6.21. The zero-order valence-corrected chi connectivity index (χ0v) is 12.8. The van der Waals surface area contributed by atoms with Crippen LogP contribution in [0.15, 0.2) is 30.3 Å². The van der Waals surface area contributed by atoms with E-state index in [1.807, 2.05) is 30.0 Å². The zero-order chi connectivity index (χ0) is 15.1. The van der Waals surface area contributed by atoms with Crippen LogP contribution in [-0.2, 0) is 16.0 Å². The van der Waals surface area contributed by atoms with Crippen molar-refractivity contribution in [3.63, 3.8) is 0 Å². The van der Waals surface area contributed by atoms with E-state index in [1.165, 1.54) is 5.56 Å². The van der Waals surface area contributed by atoms with E-state index in [0.717, 1.165) is 39.0 Å². The average molecular weight is 290 g/mol. The molecule has 1 unspecified atom stereocenters. The third-order valence-corrected chi connectivity index (χ3v) is 4.11. The fourth-order valence-electron chi connectivity index (χ4n) is 2.91. The number of likely N-dealkylation sites (tertiary alicyclic amines) is 1. The number of hydrogen-bond acceptors (Lipinski definition) is 3. The molecule has 4 heteroatoms. The highest BCUT2D eigenvalue weighted by atomic mass is 16.5. The molecule has 0 spiro atoms. The molecule has 1 heterocycles. The van der Waals surface area contributed by atoms with E-state index in [4.69, 9.17) is 10.5 Å². The monoisotopic (exact) mass is 290 g/mol. The second-order valence-corrected chi connectivity index (χ2v) is 5.60. The number of carbonyl (C=O) groups excluding carboxylic acids is 1. The van der Waals surface area contributed by atoms with Crippen molar-refractivity contribution in [2.75, 3.05) is 26.2 Å². The molecule has 0 aliphatic carbocycles. The van der Waals surface area contributed by atoms with Crippen molar-refractivity contribution in [1.82, 2.24) is 4.90 Å². The van der Waals surface area contributed by atoms with Gasteiger partial charge in [-0.2, -0.15) is 0 Å². The first-order chi connectivity index (χ1) is 10.2. The maximum absolute atomic E-state index is 12.6. The van der Waals surface area contributed by atoms with Crippen molar-refractivity contribution in [2.24, 2.45) is 11.7 Å². The minimum Gasteiger partial charge on any atom is -0.378 e. The van der Waals surface area contributed by atoms with E-state index < -0.39 is 0 Å². The molecule has 1 fully saturated rings. The van der Waals surface area contributed by atoms with Gasteiger partial charge >= 0.3 is 0 Å². The summed E-state index contributed by atoms with van der Waals surface area (Å²) < 4.78 is 5.63. The van der Waals surface area contributed by atoms with Crippen molar-refractivity contribution < 1.29 is 9.53 Å². The normalized spacial score (nSPS) is 17.7. The predicted molar refractivity (Wildman–Crippen MR) is 83.9 cm³/mol. The van der Waals surface area contributed by atoms with E-state index in [1.54, 1.807) is 0 Å². The van der Waals surface area contributed by atoms with Crippen molar-refractivity contribution in [2.45, 2.75) is 32.3 Å². The third kappa shape index (κ3) is 4.55. The lowest BCUT2D eigenvalue weighted by Crippen LogP contribution is -2.45. The van der Waals surface area contributed by atoms with Gasteiger partial charge in [0.1, 0.15) is 0 Å². The Balaban J connectivity index is 1.89. The lowest BCUT2D eigenvalue weighted by molar-refractivity contribution is -0.137. The Morgan fingerprint density at radius 1 is 1.33 bits per heavy atom. The fraction of sp³-hybridized carbons (Fsp3) is 0.588. The second kappa shape index (κ2) is 8.15. The Labute approximate surface area is 127 Å². The first-order valence-electron chi connectivity index (χ1n) is 7.89. The summed E-state index contributed by atoms with van der Waals surface area (Å²) in [5, 5.41) is 0. The van der Waals surface area contributed by atoms with E-state index in [0.29, 0.717) is 12.6 Å². The van der Waals surface area contributed by atoms with Gasteiger partial charge in [0.2, 0.25) is 5.91 Å². The van der Waals surface area contributed by atoms with Gasteiger partial charge in [0.05, 0.1) is 12.0 Å². The highest BCUT2D eigenvalue weighted by Gasteiger charge is 2.27. The van der Waals surface area contributed by atoms with Gasteiger partial charge in [-0.15, -0.1) is 0 Å². The van der Waals surface area contributed by atoms with Gasteiger partial charge in [0, 0.05) is 26.2 Å². The Morgan fingerprint density at radius 2 is 2.00 bits per heavy atom. The van der Waals surface area contributed by atoms with E-state index in [-0.39, 0.29) is 11.8 Å². The molecule has 1 saturated heterocycles. The summed E-state index contributed by atoms with van der Waals surface area (Å²) in [4.78, 5) is 14.6. The molecule has 21 heavy (non-hydrogen) atoms. The first kappa shape index (κ1) is 16.0. The molecule has 1 aliphatic rings. The maximum Gasteiger partial charge on any atom is 0.227 e. The number of carbonyl (C=O) groups is 1. The smallest absolute Gasteiger partial charge is 0.227 e. The van der Waals surface area contributed by atoms with E-state index in [2.05, 4.69) is 12.1 Å². The highest BCUT2D eigenvalue weighted by Crippen LogP contribution is 2.17. The molecule has 1 aliphatic heterocycles. The lowest BCUT2D eigenvalue weighted by Gasteiger charge is -2.34. The topological polar surface area (TPSA) is 55.6 Å². The number of nitrogens with two attached hydrogens (primary N) is 1. The maximum atomic E-state index is 12.6. The molecule has 0 saturated carbocycles. The summed E-state index contributed by atoms with van der Waals surface area (Å²) in [6.07, 6.45) is 2.90. The predicted octanol–water partition coefficient (Wildman–Crippen LogP) is 1.83. The molecule has 1 aromatic carbocycles. The van der Waals surface area contributed by atoms with E-state index in [9.17, 15) is 4.79 Å². The number of rotatable bonds is 6. The van der Waals surface area contributed by atoms with Crippen LogP contribution in [0.25, 0.3) is 0 Å². The van der Waals surface area contributed by atoms with E-state index >= 15 is 0 Å². The van der Waals surface area contributed by atoms with Gasteiger partial charge < -0.3 is 15.4 Å². The zero-order valence-electron chi connectivity index (χ0n) is 12.8. The van der Waals surface area contributed by atoms with Crippen LogP contribution in [0.4, 0.5) is 0 Å². The van der Waals surface area contributed by atoms with Crippen LogP contribution in [0.1, 0.15) is 25.3 Å². The van der Waals surface area contributed by atoms with Crippen LogP contribution < -0.4 is 5.73 Å². The molecular formula is C17H26N2O2. The van der Waals surface area contributed by atoms with Crippen molar-refractivity contribution in [3.05, 3.63) is 35.9 Å². The van der Waals surface area contributed by atoms with Crippen LogP contribution in [0.5, 0.6) is 0 Å². The van der Waals surface area contributed by atoms with Crippen LogP contribution in [-0.4, -0.2) is 43.2 Å². The summed E-state index contributed by atoms with van der Waals surface area (Å²) >= 11 is 0. The standard InChI is InChI=1S/C17H26N2O2/c1-2-21-16-8-10-19(11-9-16)17(20)15(13-18)12-14-6-4-3-5-7-14/h3-7,15-16H,2,8-13,18H2,1H3. The molecule has 4 nitrogen and oxygen atoms in total. The van der Waals surface area contributed by atoms with Gasteiger partial charge in [-0.3, -0.25) is 4.79 Å². The number of hydrogen-bond donors (Lipinski definition) is 1. The fourth-order valence-corrected chi connectivity index (χ4v) is 2.91. The number of ether oxygens (including phenoxy) is 1. The average Bonchev–Trinajstić information content (AvgIpc) is 2.54. The number of amides is 1. The molecule has 0 bridgehead atoms. The summed E-state index contributed by atoms with van der Waals surface area (Å²) in [7, 11) is 0. The quantitative estimate of drug-likeness (QED) is 0.869. The van der Waals surface area contributed by atoms with Crippen LogP contribution in [0.3, 0.4) is 0 Å². The van der Waals surface area contributed by atoms with Gasteiger partial charge in [-0.1, -0.05) is 30.3 Å².